The zero-order valence-electron chi connectivity index (χ0n) is 23.2. The zero-order valence-corrected chi connectivity index (χ0v) is 23.2. The molecule has 0 bridgehead atoms. The highest BCUT2D eigenvalue weighted by atomic mass is 16.5. The number of carbonyl (C=O) groups is 2. The molecule has 0 aliphatic carbocycles. The number of para-hydroxylation sites is 1. The summed E-state index contributed by atoms with van der Waals surface area (Å²) in [7, 11) is 3.03. The summed E-state index contributed by atoms with van der Waals surface area (Å²) >= 11 is 0. The number of methoxy groups -OCH3 is 2. The Labute approximate surface area is 233 Å². The third kappa shape index (κ3) is 5.67. The smallest absolute Gasteiger partial charge is 0.338 e. The third-order valence-corrected chi connectivity index (χ3v) is 7.07. The van der Waals surface area contributed by atoms with Crippen LogP contribution in [0.3, 0.4) is 0 Å². The molecule has 2 heterocycles. The first-order valence-corrected chi connectivity index (χ1v) is 13.4. The number of nitrogens with one attached hydrogen (secondary N) is 2. The molecule has 4 aromatic rings. The van der Waals surface area contributed by atoms with Crippen LogP contribution >= 0.6 is 0 Å². The Kier molecular flexibility index (Phi) is 8.07. The van der Waals surface area contributed by atoms with E-state index in [4.69, 9.17) is 18.9 Å². The predicted molar refractivity (Wildman–Crippen MR) is 152 cm³/mol. The Morgan fingerprint density at radius 2 is 1.77 bits per heavy atom. The highest BCUT2D eigenvalue weighted by Crippen LogP contribution is 2.37. The number of hydrogen-bond acceptors (Lipinski definition) is 7. The van der Waals surface area contributed by atoms with Crippen molar-refractivity contribution in [2.45, 2.75) is 39.0 Å². The van der Waals surface area contributed by atoms with Gasteiger partial charge in [0.15, 0.2) is 0 Å². The van der Waals surface area contributed by atoms with Crippen LogP contribution in [-0.2, 0) is 27.3 Å². The highest BCUT2D eigenvalue weighted by Gasteiger charge is 2.34. The molecule has 0 fully saturated rings. The van der Waals surface area contributed by atoms with Gasteiger partial charge < -0.3 is 23.9 Å². The molecule has 5 rings (SSSR count). The van der Waals surface area contributed by atoms with Crippen molar-refractivity contribution in [2.24, 2.45) is 5.92 Å². The van der Waals surface area contributed by atoms with Crippen LogP contribution in [0.4, 0.5) is 0 Å². The lowest BCUT2D eigenvalue weighted by molar-refractivity contribution is -0.143. The van der Waals surface area contributed by atoms with E-state index in [-0.39, 0.29) is 30.5 Å². The monoisotopic (exact) mass is 542 g/mol. The van der Waals surface area contributed by atoms with Crippen molar-refractivity contribution in [3.8, 4) is 11.5 Å². The van der Waals surface area contributed by atoms with Gasteiger partial charge in [0, 0.05) is 28.6 Å². The number of carbonyl (C=O) groups excluding carboxylic acids is 2. The van der Waals surface area contributed by atoms with Crippen molar-refractivity contribution in [1.29, 1.82) is 0 Å². The molecular weight excluding hydrogens is 508 g/mol. The van der Waals surface area contributed by atoms with Gasteiger partial charge in [-0.1, -0.05) is 38.1 Å². The van der Waals surface area contributed by atoms with E-state index in [1.807, 2.05) is 50.2 Å². The molecule has 1 aliphatic rings. The van der Waals surface area contributed by atoms with Crippen molar-refractivity contribution < 1.29 is 28.5 Å². The molecule has 0 amide bonds. The van der Waals surface area contributed by atoms with Crippen LogP contribution in [0.15, 0.2) is 66.7 Å². The predicted octanol–water partition coefficient (Wildman–Crippen LogP) is 5.35. The first kappa shape index (κ1) is 27.3. The lowest BCUT2D eigenvalue weighted by Crippen LogP contribution is -2.45. The molecule has 0 saturated carbocycles. The van der Waals surface area contributed by atoms with E-state index in [0.29, 0.717) is 30.1 Å². The van der Waals surface area contributed by atoms with Gasteiger partial charge in [0.1, 0.15) is 24.1 Å². The highest BCUT2D eigenvalue weighted by molar-refractivity contribution is 5.89. The van der Waals surface area contributed by atoms with E-state index in [0.717, 1.165) is 33.3 Å². The van der Waals surface area contributed by atoms with E-state index >= 15 is 0 Å². The lowest BCUT2D eigenvalue weighted by Gasteiger charge is -2.30. The SMILES string of the molecule is COC(=O)[C@@H]1Cc2c([nH]c3ccccc23)[C@@H](c2ccc(OC)c(COc3ccc(C(=O)OCC(C)C)cc3)c2)N1. The number of aromatic nitrogens is 1. The second kappa shape index (κ2) is 11.8. The van der Waals surface area contributed by atoms with Gasteiger partial charge in [-0.05, 0) is 59.5 Å². The van der Waals surface area contributed by atoms with E-state index in [1.165, 1.54) is 7.11 Å². The quantitative estimate of drug-likeness (QED) is 0.275. The fraction of sp³-hybridized carbons (Fsp3) is 0.312. The summed E-state index contributed by atoms with van der Waals surface area (Å²) in [4.78, 5) is 28.4. The number of hydrogen-bond donors (Lipinski definition) is 2. The molecule has 0 saturated heterocycles. The summed E-state index contributed by atoms with van der Waals surface area (Å²) in [5.41, 5.74) is 5.45. The van der Waals surface area contributed by atoms with Crippen molar-refractivity contribution in [3.05, 3.63) is 94.7 Å². The summed E-state index contributed by atoms with van der Waals surface area (Å²) in [5, 5.41) is 4.58. The molecule has 1 aromatic heterocycles. The second-order valence-electron chi connectivity index (χ2n) is 10.3. The molecule has 0 unspecified atom stereocenters. The average molecular weight is 543 g/mol. The Bertz CT molecular complexity index is 1510. The zero-order chi connectivity index (χ0) is 28.2. The normalized spacial score (nSPS) is 16.4. The van der Waals surface area contributed by atoms with E-state index in [2.05, 4.69) is 16.4 Å². The average Bonchev–Trinajstić information content (AvgIpc) is 3.36. The van der Waals surface area contributed by atoms with E-state index in [1.54, 1.807) is 31.4 Å². The minimum atomic E-state index is -0.478. The third-order valence-electron chi connectivity index (χ3n) is 7.07. The lowest BCUT2D eigenvalue weighted by atomic mass is 9.89. The number of fused-ring (bicyclic) bond motifs is 3. The summed E-state index contributed by atoms with van der Waals surface area (Å²) < 4.78 is 22.1. The molecule has 0 radical (unpaired) electrons. The van der Waals surface area contributed by atoms with Crippen LogP contribution in [0.1, 0.15) is 52.6 Å². The molecule has 208 valence electrons. The van der Waals surface area contributed by atoms with Gasteiger partial charge in [-0.3, -0.25) is 10.1 Å². The molecule has 8 heteroatoms. The number of H-pyrrole nitrogens is 1. The van der Waals surface area contributed by atoms with Gasteiger partial charge in [0.05, 0.1) is 32.4 Å². The number of ether oxygens (including phenoxy) is 4. The number of aromatic amines is 1. The summed E-state index contributed by atoms with van der Waals surface area (Å²) in [5.74, 6) is 0.933. The Morgan fingerprint density at radius 3 is 2.50 bits per heavy atom. The number of rotatable bonds is 9. The van der Waals surface area contributed by atoms with Crippen molar-refractivity contribution in [3.63, 3.8) is 0 Å². The van der Waals surface area contributed by atoms with Crippen molar-refractivity contribution in [1.82, 2.24) is 10.3 Å². The van der Waals surface area contributed by atoms with Gasteiger partial charge in [-0.15, -0.1) is 0 Å². The molecule has 1 aliphatic heterocycles. The van der Waals surface area contributed by atoms with Crippen LogP contribution in [0, 0.1) is 5.92 Å². The van der Waals surface area contributed by atoms with Crippen LogP contribution in [0.2, 0.25) is 0 Å². The first-order valence-electron chi connectivity index (χ1n) is 13.4. The molecule has 2 N–H and O–H groups in total. The second-order valence-corrected chi connectivity index (χ2v) is 10.3. The number of benzene rings is 3. The minimum absolute atomic E-state index is 0.251. The molecule has 40 heavy (non-hydrogen) atoms. The standard InChI is InChI=1S/C32H34N2O6/c1-19(2)17-40-31(35)20-9-12-23(13-10-20)39-18-22-15-21(11-14-28(22)37-3)29-30-25(16-27(34-29)32(36)38-4)24-7-5-6-8-26(24)33-30/h5-15,19,27,29,33-34H,16-18H2,1-4H3/t27-,29+/m0/s1. The van der Waals surface area contributed by atoms with Gasteiger partial charge in [0.25, 0.3) is 0 Å². The Morgan fingerprint density at radius 1 is 1.00 bits per heavy atom. The molecule has 0 spiro atoms. The van der Waals surface area contributed by atoms with Crippen molar-refractivity contribution in [2.75, 3.05) is 20.8 Å². The van der Waals surface area contributed by atoms with E-state index < -0.39 is 6.04 Å². The first-order chi connectivity index (χ1) is 19.4. The van der Waals surface area contributed by atoms with Gasteiger partial charge in [-0.2, -0.15) is 0 Å². The topological polar surface area (TPSA) is 98.9 Å². The van der Waals surface area contributed by atoms with Crippen LogP contribution < -0.4 is 14.8 Å². The Hall–Kier alpha value is -4.30. The van der Waals surface area contributed by atoms with Crippen LogP contribution in [0.5, 0.6) is 11.5 Å². The molecule has 3 aromatic carbocycles. The summed E-state index contributed by atoms with van der Waals surface area (Å²) in [6, 6.07) is 20.2. The van der Waals surface area contributed by atoms with Crippen molar-refractivity contribution >= 4 is 22.8 Å². The fourth-order valence-corrected chi connectivity index (χ4v) is 5.06. The summed E-state index contributed by atoms with van der Waals surface area (Å²) in [6.07, 6.45) is 0.537. The van der Waals surface area contributed by atoms with Gasteiger partial charge in [-0.25, -0.2) is 4.79 Å². The summed E-state index contributed by atoms with van der Waals surface area (Å²) in [6.45, 7) is 4.62. The molecular formula is C32H34N2O6. The number of esters is 2. The molecule has 2 atom stereocenters. The largest absolute Gasteiger partial charge is 0.496 e. The van der Waals surface area contributed by atoms with Crippen LogP contribution in [0.25, 0.3) is 10.9 Å². The van der Waals surface area contributed by atoms with E-state index in [9.17, 15) is 9.59 Å². The van der Waals surface area contributed by atoms with Gasteiger partial charge in [0.2, 0.25) is 0 Å². The maximum absolute atomic E-state index is 12.6. The molecule has 8 nitrogen and oxygen atoms in total. The van der Waals surface area contributed by atoms with Gasteiger partial charge >= 0.3 is 11.9 Å². The van der Waals surface area contributed by atoms with Crippen LogP contribution in [-0.4, -0.2) is 43.8 Å². The fourth-order valence-electron chi connectivity index (χ4n) is 5.06. The minimum Gasteiger partial charge on any atom is -0.496 e. The maximum Gasteiger partial charge on any atom is 0.338 e. The maximum atomic E-state index is 12.6. The Balaban J connectivity index is 1.39.